The van der Waals surface area contributed by atoms with Crippen molar-refractivity contribution >= 4 is 46.4 Å². The van der Waals surface area contributed by atoms with Crippen molar-refractivity contribution in [1.29, 1.82) is 5.26 Å². The van der Waals surface area contributed by atoms with Crippen molar-refractivity contribution in [3.63, 3.8) is 0 Å². The van der Waals surface area contributed by atoms with Crippen LogP contribution in [0.2, 0.25) is 5.02 Å². The average molecular weight is 794 g/mol. The molecule has 5 aliphatic heterocycles. The molecular weight excluding hydrogens is 741 g/mol. The van der Waals surface area contributed by atoms with Gasteiger partial charge in [-0.05, 0) is 149 Å². The first kappa shape index (κ1) is 39.2. The summed E-state index contributed by atoms with van der Waals surface area (Å²) < 4.78 is 15.2. The van der Waals surface area contributed by atoms with Crippen LogP contribution in [-0.2, 0) is 9.59 Å². The normalized spacial score (nSPS) is 23.4. The number of nitrogens with one attached hydrogen (secondary N) is 2. The summed E-state index contributed by atoms with van der Waals surface area (Å²) >= 11 is 6.38. The number of likely N-dealkylation sites (tertiary alicyclic amines) is 2. The molecule has 5 fully saturated rings. The van der Waals surface area contributed by atoms with Crippen LogP contribution in [0.4, 0.5) is 21.5 Å². The fourth-order valence-corrected chi connectivity index (χ4v) is 10.3. The van der Waals surface area contributed by atoms with E-state index in [2.05, 4.69) is 50.5 Å². The van der Waals surface area contributed by atoms with Gasteiger partial charge in [-0.25, -0.2) is 4.39 Å². The molecule has 3 amide bonds. The molecule has 300 valence electrons. The van der Waals surface area contributed by atoms with Crippen LogP contribution in [0.5, 0.6) is 0 Å². The minimum Gasteiger partial charge on any atom is -0.374 e. The number of nitriles is 1. The Hall–Kier alpha value is -4.66. The minimum absolute atomic E-state index is 0.113. The number of piperidine rings is 4. The predicted octanol–water partition coefficient (Wildman–Crippen LogP) is 7.19. The smallest absolute Gasteiger partial charge is 0.253 e. The third-order valence-electron chi connectivity index (χ3n) is 13.5. The maximum atomic E-state index is 15.2. The van der Waals surface area contributed by atoms with Crippen molar-refractivity contribution in [2.75, 3.05) is 67.5 Å². The molecule has 3 aromatic carbocycles. The number of imide groups is 1. The van der Waals surface area contributed by atoms with E-state index in [4.69, 9.17) is 11.6 Å². The number of carbonyl (C=O) groups excluding carboxylic acids is 3. The first-order valence-corrected chi connectivity index (χ1v) is 21.2. The monoisotopic (exact) mass is 793 g/mol. The van der Waals surface area contributed by atoms with Crippen LogP contribution in [0.25, 0.3) is 0 Å². The zero-order chi connectivity index (χ0) is 39.7. The van der Waals surface area contributed by atoms with Crippen LogP contribution in [-0.4, -0.2) is 92.0 Å². The van der Waals surface area contributed by atoms with E-state index in [1.165, 1.54) is 11.8 Å². The molecular formula is C45H53ClFN7O3. The fraction of sp³-hybridized carbons (Fsp3) is 0.511. The molecule has 8 rings (SSSR count). The first-order valence-electron chi connectivity index (χ1n) is 20.8. The highest BCUT2D eigenvalue weighted by Crippen LogP contribution is 2.46. The summed E-state index contributed by atoms with van der Waals surface area (Å²) in [6.07, 6.45) is 7.83. The van der Waals surface area contributed by atoms with E-state index in [0.717, 1.165) is 114 Å². The molecule has 0 saturated carbocycles. The Balaban J connectivity index is 0.760. The Kier molecular flexibility index (Phi) is 11.5. The van der Waals surface area contributed by atoms with Crippen molar-refractivity contribution in [3.8, 4) is 6.07 Å². The number of hydrogen-bond donors (Lipinski definition) is 2. The number of halogens is 2. The fourth-order valence-electron chi connectivity index (χ4n) is 10.1. The predicted molar refractivity (Wildman–Crippen MR) is 221 cm³/mol. The maximum absolute atomic E-state index is 15.2. The van der Waals surface area contributed by atoms with Crippen molar-refractivity contribution in [2.45, 2.75) is 82.7 Å². The number of rotatable bonds is 8. The van der Waals surface area contributed by atoms with Crippen LogP contribution >= 0.6 is 11.6 Å². The molecule has 5 saturated heterocycles. The lowest BCUT2D eigenvalue weighted by atomic mass is 9.76. The molecule has 3 aromatic rings. The lowest BCUT2D eigenvalue weighted by Crippen LogP contribution is -2.47. The number of benzene rings is 3. The summed E-state index contributed by atoms with van der Waals surface area (Å²) in [5, 5.41) is 15.2. The van der Waals surface area contributed by atoms with E-state index in [1.54, 1.807) is 0 Å². The number of anilines is 3. The summed E-state index contributed by atoms with van der Waals surface area (Å²) in [7, 11) is 0. The van der Waals surface area contributed by atoms with E-state index < -0.39 is 6.04 Å². The van der Waals surface area contributed by atoms with Gasteiger partial charge in [0.15, 0.2) is 0 Å². The summed E-state index contributed by atoms with van der Waals surface area (Å²) in [5.41, 5.74) is 5.08. The average Bonchev–Trinajstić information content (AvgIpc) is 3.54. The van der Waals surface area contributed by atoms with E-state index in [0.29, 0.717) is 34.7 Å². The number of carbonyl (C=O) groups is 3. The molecule has 0 aromatic heterocycles. The molecule has 5 aliphatic rings. The standard InChI is InChI=1S/C45H53ClFN7O3/c1-30-26-45(29-54(30)37-8-4-34(27-48)39(46)25-37)16-22-52(23-17-45)36-6-2-33(3-7-36)44(57)53-20-12-31(13-21-53)28-51-18-14-32(15-19-51)38-9-5-35(24-40(38)47)49-41-10-11-42(55)50-43(41)56/h2-9,24-25,30-32,41,49H,10-23,26,28-29H2,1H3,(H,50,55,56)/t30-,41+/m1/s1. The molecule has 2 N–H and O–H groups in total. The summed E-state index contributed by atoms with van der Waals surface area (Å²) in [5.74, 6) is -0.0742. The van der Waals surface area contributed by atoms with Gasteiger partial charge in [0.2, 0.25) is 11.8 Å². The van der Waals surface area contributed by atoms with Gasteiger partial charge >= 0.3 is 0 Å². The van der Waals surface area contributed by atoms with Crippen LogP contribution in [0.15, 0.2) is 60.7 Å². The highest BCUT2D eigenvalue weighted by molar-refractivity contribution is 6.32. The second kappa shape index (κ2) is 16.7. The van der Waals surface area contributed by atoms with Crippen LogP contribution in [0.3, 0.4) is 0 Å². The molecule has 0 unspecified atom stereocenters. The van der Waals surface area contributed by atoms with E-state index in [9.17, 15) is 19.6 Å². The molecule has 0 aliphatic carbocycles. The number of amides is 3. The summed E-state index contributed by atoms with van der Waals surface area (Å²) in [6.45, 7) is 9.67. The minimum atomic E-state index is -0.536. The van der Waals surface area contributed by atoms with Gasteiger partial charge < -0.3 is 24.9 Å². The van der Waals surface area contributed by atoms with Gasteiger partial charge in [-0.3, -0.25) is 19.7 Å². The van der Waals surface area contributed by atoms with Gasteiger partial charge in [-0.2, -0.15) is 5.26 Å². The van der Waals surface area contributed by atoms with Crippen LogP contribution < -0.4 is 20.4 Å². The molecule has 5 heterocycles. The molecule has 57 heavy (non-hydrogen) atoms. The second-order valence-corrected chi connectivity index (χ2v) is 17.6. The Morgan fingerprint density at radius 2 is 1.65 bits per heavy atom. The van der Waals surface area contributed by atoms with Crippen LogP contribution in [0, 0.1) is 28.5 Å². The largest absolute Gasteiger partial charge is 0.374 e. The first-order chi connectivity index (χ1) is 27.6. The molecule has 12 heteroatoms. The third-order valence-corrected chi connectivity index (χ3v) is 13.8. The molecule has 2 atom stereocenters. The zero-order valence-corrected chi connectivity index (χ0v) is 33.6. The van der Waals surface area contributed by atoms with Gasteiger partial charge in [0, 0.05) is 74.4 Å². The number of nitrogens with zero attached hydrogens (tertiary/aromatic N) is 5. The van der Waals surface area contributed by atoms with E-state index in [-0.39, 0.29) is 41.3 Å². The highest BCUT2D eigenvalue weighted by Gasteiger charge is 2.44. The SMILES string of the molecule is C[C@@H]1CC2(CCN(c3ccc(C(=O)N4CCC(CN5CCC(c6ccc(N[C@H]7CCC(=O)NC7=O)cc6F)CC5)CC4)cc3)CC2)CN1c1ccc(C#N)c(Cl)c1. The van der Waals surface area contributed by atoms with Gasteiger partial charge in [0.25, 0.3) is 5.91 Å². The lowest BCUT2D eigenvalue weighted by Gasteiger charge is -2.40. The van der Waals surface area contributed by atoms with Crippen LogP contribution in [0.1, 0.15) is 92.1 Å². The zero-order valence-electron chi connectivity index (χ0n) is 32.8. The molecule has 0 bridgehead atoms. The summed E-state index contributed by atoms with van der Waals surface area (Å²) in [6, 6.07) is 21.2. The van der Waals surface area contributed by atoms with Gasteiger partial charge in [-0.1, -0.05) is 17.7 Å². The molecule has 10 nitrogen and oxygen atoms in total. The van der Waals surface area contributed by atoms with Gasteiger partial charge in [0.05, 0.1) is 10.6 Å². The Labute approximate surface area is 340 Å². The summed E-state index contributed by atoms with van der Waals surface area (Å²) in [4.78, 5) is 46.5. The van der Waals surface area contributed by atoms with Crippen molar-refractivity contribution in [3.05, 3.63) is 88.2 Å². The molecule has 0 radical (unpaired) electrons. The topological polar surface area (TPSA) is 112 Å². The highest BCUT2D eigenvalue weighted by atomic mass is 35.5. The van der Waals surface area contributed by atoms with Crippen molar-refractivity contribution in [1.82, 2.24) is 15.1 Å². The second-order valence-electron chi connectivity index (χ2n) is 17.2. The van der Waals surface area contributed by atoms with Crippen molar-refractivity contribution < 1.29 is 18.8 Å². The van der Waals surface area contributed by atoms with E-state index in [1.807, 2.05) is 47.4 Å². The van der Waals surface area contributed by atoms with E-state index >= 15 is 4.39 Å². The lowest BCUT2D eigenvalue weighted by molar-refractivity contribution is -0.133. The number of hydrogen-bond acceptors (Lipinski definition) is 8. The van der Waals surface area contributed by atoms with Gasteiger partial charge in [-0.15, -0.1) is 0 Å². The molecule has 1 spiro atoms. The van der Waals surface area contributed by atoms with Crippen molar-refractivity contribution in [2.24, 2.45) is 11.3 Å². The Bertz CT molecular complexity index is 2010. The van der Waals surface area contributed by atoms with Gasteiger partial charge in [0.1, 0.15) is 17.9 Å². The Morgan fingerprint density at radius 1 is 0.930 bits per heavy atom. The Morgan fingerprint density at radius 3 is 2.32 bits per heavy atom. The maximum Gasteiger partial charge on any atom is 0.253 e. The quantitative estimate of drug-likeness (QED) is 0.231. The third kappa shape index (κ3) is 8.63.